The van der Waals surface area contributed by atoms with Crippen molar-refractivity contribution in [3.05, 3.63) is 12.2 Å². The molecular formula is C18H36O2. The van der Waals surface area contributed by atoms with Crippen molar-refractivity contribution >= 4 is 0 Å². The van der Waals surface area contributed by atoms with E-state index in [1.54, 1.807) is 0 Å². The molecule has 0 bridgehead atoms. The van der Waals surface area contributed by atoms with Crippen LogP contribution in [-0.2, 0) is 0 Å². The van der Waals surface area contributed by atoms with Gasteiger partial charge in [-0.15, -0.1) is 0 Å². The average molecular weight is 284 g/mol. The van der Waals surface area contributed by atoms with Crippen LogP contribution in [0.5, 0.6) is 0 Å². The lowest BCUT2D eigenvalue weighted by Crippen LogP contribution is -1.84. The largest absolute Gasteiger partial charge is 0.396 e. The van der Waals surface area contributed by atoms with Crippen LogP contribution >= 0.6 is 0 Å². The van der Waals surface area contributed by atoms with E-state index in [1.165, 1.54) is 77.0 Å². The van der Waals surface area contributed by atoms with Crippen molar-refractivity contribution in [3.8, 4) is 0 Å². The smallest absolute Gasteiger partial charge is 0.0431 e. The first-order chi connectivity index (χ1) is 9.91. The van der Waals surface area contributed by atoms with E-state index in [4.69, 9.17) is 10.2 Å². The topological polar surface area (TPSA) is 40.5 Å². The molecular weight excluding hydrogens is 248 g/mol. The Morgan fingerprint density at radius 1 is 0.400 bits per heavy atom. The van der Waals surface area contributed by atoms with E-state index >= 15 is 0 Å². The minimum atomic E-state index is 0.349. The summed E-state index contributed by atoms with van der Waals surface area (Å²) >= 11 is 0. The fraction of sp³-hybridized carbons (Fsp3) is 0.889. The van der Waals surface area contributed by atoms with Crippen LogP contribution in [0.3, 0.4) is 0 Å². The molecule has 0 aliphatic carbocycles. The lowest BCUT2D eigenvalue weighted by atomic mass is 10.1. The highest BCUT2D eigenvalue weighted by Gasteiger charge is 1.91. The van der Waals surface area contributed by atoms with E-state index in [-0.39, 0.29) is 0 Å². The SMILES string of the molecule is OCCCCCCCC=CCCCCCCCCCO. The van der Waals surface area contributed by atoms with Crippen molar-refractivity contribution in [2.45, 2.75) is 89.9 Å². The summed E-state index contributed by atoms with van der Waals surface area (Å²) in [6.45, 7) is 0.702. The number of aliphatic hydroxyl groups excluding tert-OH is 2. The van der Waals surface area contributed by atoms with Crippen LogP contribution in [0, 0.1) is 0 Å². The van der Waals surface area contributed by atoms with Crippen molar-refractivity contribution in [3.63, 3.8) is 0 Å². The normalized spacial score (nSPS) is 11.5. The molecule has 0 spiro atoms. The maximum absolute atomic E-state index is 8.66. The molecule has 0 heterocycles. The van der Waals surface area contributed by atoms with Gasteiger partial charge in [0.25, 0.3) is 0 Å². The zero-order valence-corrected chi connectivity index (χ0v) is 13.4. The molecule has 0 saturated carbocycles. The highest BCUT2D eigenvalue weighted by molar-refractivity contribution is 4.81. The third-order valence-electron chi connectivity index (χ3n) is 3.72. The van der Waals surface area contributed by atoms with Gasteiger partial charge in [-0.25, -0.2) is 0 Å². The molecule has 0 amide bonds. The van der Waals surface area contributed by atoms with Crippen LogP contribution in [0.15, 0.2) is 12.2 Å². The number of allylic oxidation sites excluding steroid dienone is 2. The van der Waals surface area contributed by atoms with Crippen molar-refractivity contribution in [1.29, 1.82) is 0 Å². The summed E-state index contributed by atoms with van der Waals surface area (Å²) in [5.74, 6) is 0. The van der Waals surface area contributed by atoms with Gasteiger partial charge in [0.05, 0.1) is 0 Å². The molecule has 0 aromatic rings. The van der Waals surface area contributed by atoms with Crippen LogP contribution in [0.1, 0.15) is 89.9 Å². The van der Waals surface area contributed by atoms with E-state index in [2.05, 4.69) is 12.2 Å². The highest BCUT2D eigenvalue weighted by atomic mass is 16.3. The molecule has 0 unspecified atom stereocenters. The van der Waals surface area contributed by atoms with Gasteiger partial charge >= 0.3 is 0 Å². The van der Waals surface area contributed by atoms with Gasteiger partial charge in [0.2, 0.25) is 0 Å². The first kappa shape index (κ1) is 19.7. The predicted molar refractivity (Wildman–Crippen MR) is 87.9 cm³/mol. The second-order valence-corrected chi connectivity index (χ2v) is 5.74. The summed E-state index contributed by atoms with van der Waals surface area (Å²) in [5, 5.41) is 17.3. The monoisotopic (exact) mass is 284 g/mol. The third kappa shape index (κ3) is 17.7. The van der Waals surface area contributed by atoms with E-state index in [9.17, 15) is 0 Å². The molecule has 2 heteroatoms. The lowest BCUT2D eigenvalue weighted by Gasteiger charge is -2.00. The first-order valence-corrected chi connectivity index (χ1v) is 8.78. The van der Waals surface area contributed by atoms with Gasteiger partial charge in [-0.2, -0.15) is 0 Å². The summed E-state index contributed by atoms with van der Waals surface area (Å²) in [4.78, 5) is 0. The zero-order chi connectivity index (χ0) is 14.7. The van der Waals surface area contributed by atoms with E-state index in [1.807, 2.05) is 0 Å². The van der Waals surface area contributed by atoms with E-state index in [0.29, 0.717) is 13.2 Å². The minimum Gasteiger partial charge on any atom is -0.396 e. The van der Waals surface area contributed by atoms with Gasteiger partial charge in [-0.1, -0.05) is 63.5 Å². The molecule has 0 aromatic carbocycles. The highest BCUT2D eigenvalue weighted by Crippen LogP contribution is 2.09. The summed E-state index contributed by atoms with van der Waals surface area (Å²) < 4.78 is 0. The molecule has 0 aliphatic heterocycles. The van der Waals surface area contributed by atoms with Crippen molar-refractivity contribution in [2.75, 3.05) is 13.2 Å². The summed E-state index contributed by atoms with van der Waals surface area (Å²) in [6, 6.07) is 0. The van der Waals surface area contributed by atoms with Gasteiger partial charge in [-0.3, -0.25) is 0 Å². The third-order valence-corrected chi connectivity index (χ3v) is 3.72. The second-order valence-electron chi connectivity index (χ2n) is 5.74. The first-order valence-electron chi connectivity index (χ1n) is 8.78. The second kappa shape index (κ2) is 18.7. The van der Waals surface area contributed by atoms with Gasteiger partial charge in [0.15, 0.2) is 0 Å². The van der Waals surface area contributed by atoms with Crippen molar-refractivity contribution < 1.29 is 10.2 Å². The molecule has 0 radical (unpaired) electrons. The molecule has 120 valence electrons. The molecule has 20 heavy (non-hydrogen) atoms. The quantitative estimate of drug-likeness (QED) is 0.310. The van der Waals surface area contributed by atoms with Gasteiger partial charge < -0.3 is 10.2 Å². The van der Waals surface area contributed by atoms with Crippen LogP contribution in [-0.4, -0.2) is 23.4 Å². The molecule has 0 aliphatic rings. The number of hydrogen-bond acceptors (Lipinski definition) is 2. The Balaban J connectivity index is 3.01. The molecule has 0 rings (SSSR count). The number of unbranched alkanes of at least 4 members (excludes halogenated alkanes) is 12. The van der Waals surface area contributed by atoms with E-state index < -0.39 is 0 Å². The molecule has 0 atom stereocenters. The Hall–Kier alpha value is -0.340. The van der Waals surface area contributed by atoms with Crippen LogP contribution in [0.4, 0.5) is 0 Å². The Kier molecular flexibility index (Phi) is 18.3. The fourth-order valence-corrected chi connectivity index (χ4v) is 2.40. The maximum Gasteiger partial charge on any atom is 0.0431 e. The average Bonchev–Trinajstić information content (AvgIpc) is 2.47. The van der Waals surface area contributed by atoms with Crippen LogP contribution in [0.25, 0.3) is 0 Å². The number of aliphatic hydroxyl groups is 2. The fourth-order valence-electron chi connectivity index (χ4n) is 2.40. The van der Waals surface area contributed by atoms with Crippen LogP contribution < -0.4 is 0 Å². The van der Waals surface area contributed by atoms with Crippen molar-refractivity contribution in [1.82, 2.24) is 0 Å². The van der Waals surface area contributed by atoms with Gasteiger partial charge in [0.1, 0.15) is 0 Å². The summed E-state index contributed by atoms with van der Waals surface area (Å²) in [6.07, 6.45) is 22.0. The Labute approximate surface area is 126 Å². The Morgan fingerprint density at radius 2 is 0.700 bits per heavy atom. The molecule has 0 aromatic heterocycles. The zero-order valence-electron chi connectivity index (χ0n) is 13.4. The van der Waals surface area contributed by atoms with Crippen molar-refractivity contribution in [2.24, 2.45) is 0 Å². The Morgan fingerprint density at radius 3 is 1.05 bits per heavy atom. The minimum absolute atomic E-state index is 0.349. The van der Waals surface area contributed by atoms with Crippen LogP contribution in [0.2, 0.25) is 0 Å². The number of rotatable bonds is 16. The van der Waals surface area contributed by atoms with Gasteiger partial charge in [-0.05, 0) is 38.5 Å². The predicted octanol–water partition coefficient (Wildman–Crippen LogP) is 4.99. The molecule has 2 N–H and O–H groups in total. The maximum atomic E-state index is 8.66. The molecule has 0 fully saturated rings. The number of hydrogen-bond donors (Lipinski definition) is 2. The standard InChI is InChI=1S/C18H36O2/c19-17-15-13-11-9-7-5-3-1-2-4-6-8-10-12-14-16-18-20/h1,3,19-20H,2,4-18H2. The van der Waals surface area contributed by atoms with E-state index in [0.717, 1.165) is 12.8 Å². The summed E-state index contributed by atoms with van der Waals surface area (Å²) in [7, 11) is 0. The molecule has 2 nitrogen and oxygen atoms in total. The summed E-state index contributed by atoms with van der Waals surface area (Å²) in [5.41, 5.74) is 0. The Bertz CT molecular complexity index is 190. The lowest BCUT2D eigenvalue weighted by molar-refractivity contribution is 0.282. The molecule has 0 saturated heterocycles. The van der Waals surface area contributed by atoms with Gasteiger partial charge in [0, 0.05) is 13.2 Å².